The first-order chi connectivity index (χ1) is 7.61. The summed E-state index contributed by atoms with van der Waals surface area (Å²) in [4.78, 5) is 10.7. The van der Waals surface area contributed by atoms with Gasteiger partial charge in [-0.2, -0.15) is 4.68 Å². The first-order valence-corrected chi connectivity index (χ1v) is 4.68. The molecule has 0 bridgehead atoms. The van der Waals surface area contributed by atoms with Gasteiger partial charge in [0.2, 0.25) is 5.69 Å². The van der Waals surface area contributed by atoms with E-state index in [4.69, 9.17) is 22.4 Å². The second-order valence-corrected chi connectivity index (χ2v) is 3.40. The summed E-state index contributed by atoms with van der Waals surface area (Å²) < 4.78 is 1.19. The summed E-state index contributed by atoms with van der Waals surface area (Å²) in [5.41, 5.74) is 5.80. The van der Waals surface area contributed by atoms with Crippen LogP contribution < -0.4 is 5.73 Å². The number of anilines is 1. The Morgan fingerprint density at radius 3 is 2.69 bits per heavy atom. The molecule has 2 aromatic rings. The molecular weight excluding hydrogens is 232 g/mol. The van der Waals surface area contributed by atoms with E-state index in [-0.39, 0.29) is 11.5 Å². The van der Waals surface area contributed by atoms with Crippen molar-refractivity contribution in [3.05, 3.63) is 35.0 Å². The Labute approximate surface area is 95.2 Å². The Morgan fingerprint density at radius 1 is 1.44 bits per heavy atom. The number of nitrogens with two attached hydrogens (primary N) is 1. The minimum absolute atomic E-state index is 0.0550. The van der Waals surface area contributed by atoms with Crippen LogP contribution in [-0.4, -0.2) is 26.1 Å². The van der Waals surface area contributed by atoms with Crippen LogP contribution in [0.25, 0.3) is 5.69 Å². The second-order valence-electron chi connectivity index (χ2n) is 2.99. The van der Waals surface area contributed by atoms with Gasteiger partial charge in [0.1, 0.15) is 0 Å². The lowest BCUT2D eigenvalue weighted by atomic mass is 10.3. The van der Waals surface area contributed by atoms with Crippen LogP contribution in [0.15, 0.2) is 24.3 Å². The zero-order valence-electron chi connectivity index (χ0n) is 7.96. The molecule has 7 heteroatoms. The molecule has 1 aromatic heterocycles. The first kappa shape index (κ1) is 10.4. The fourth-order valence-corrected chi connectivity index (χ4v) is 1.46. The Morgan fingerprint density at radius 2 is 2.12 bits per heavy atom. The molecule has 82 valence electrons. The van der Waals surface area contributed by atoms with Crippen LogP contribution in [0.5, 0.6) is 0 Å². The van der Waals surface area contributed by atoms with Gasteiger partial charge in [-0.1, -0.05) is 28.9 Å². The summed E-state index contributed by atoms with van der Waals surface area (Å²) in [7, 11) is 0. The second kappa shape index (κ2) is 3.82. The van der Waals surface area contributed by atoms with Crippen molar-refractivity contribution in [2.24, 2.45) is 0 Å². The van der Waals surface area contributed by atoms with Gasteiger partial charge in [0.25, 0.3) is 0 Å². The molecule has 1 heterocycles. The zero-order chi connectivity index (χ0) is 11.7. The molecule has 6 nitrogen and oxygen atoms in total. The van der Waals surface area contributed by atoms with Gasteiger partial charge >= 0.3 is 5.97 Å². The van der Waals surface area contributed by atoms with Crippen LogP contribution in [0.2, 0.25) is 5.02 Å². The summed E-state index contributed by atoms with van der Waals surface area (Å²) in [6.45, 7) is 0. The Bertz CT molecular complexity index is 552. The lowest BCUT2D eigenvalue weighted by Gasteiger charge is -2.04. The maximum atomic E-state index is 10.7. The third kappa shape index (κ3) is 1.59. The molecule has 0 amide bonds. The SMILES string of the molecule is Nc1c(C(=O)O)nnn1-c1ccccc1Cl. The quantitative estimate of drug-likeness (QED) is 0.820. The van der Waals surface area contributed by atoms with Gasteiger partial charge in [-0.3, -0.25) is 0 Å². The highest BCUT2D eigenvalue weighted by Crippen LogP contribution is 2.22. The molecule has 0 radical (unpaired) electrons. The van der Waals surface area contributed by atoms with Crippen LogP contribution in [0.3, 0.4) is 0 Å². The van der Waals surface area contributed by atoms with E-state index in [0.29, 0.717) is 10.7 Å². The highest BCUT2D eigenvalue weighted by Gasteiger charge is 2.17. The van der Waals surface area contributed by atoms with Gasteiger partial charge in [-0.05, 0) is 12.1 Å². The topological polar surface area (TPSA) is 94.0 Å². The summed E-state index contributed by atoms with van der Waals surface area (Å²) in [6.07, 6.45) is 0. The average Bonchev–Trinajstić information content (AvgIpc) is 2.61. The average molecular weight is 239 g/mol. The summed E-state index contributed by atoms with van der Waals surface area (Å²) in [5, 5.41) is 16.3. The molecule has 0 aliphatic carbocycles. The molecule has 16 heavy (non-hydrogen) atoms. The molecule has 0 aliphatic heterocycles. The van der Waals surface area contributed by atoms with Crippen LogP contribution >= 0.6 is 11.6 Å². The van der Waals surface area contributed by atoms with Crippen molar-refractivity contribution in [2.75, 3.05) is 5.73 Å². The number of benzene rings is 1. The van der Waals surface area contributed by atoms with Crippen molar-refractivity contribution in [1.82, 2.24) is 15.0 Å². The number of para-hydroxylation sites is 1. The number of carboxylic acids is 1. The third-order valence-electron chi connectivity index (χ3n) is 1.99. The molecule has 0 fully saturated rings. The van der Waals surface area contributed by atoms with Crippen molar-refractivity contribution < 1.29 is 9.90 Å². The Kier molecular flexibility index (Phi) is 2.49. The minimum atomic E-state index is -1.23. The van der Waals surface area contributed by atoms with Crippen molar-refractivity contribution in [3.63, 3.8) is 0 Å². The van der Waals surface area contributed by atoms with Crippen molar-refractivity contribution in [1.29, 1.82) is 0 Å². The minimum Gasteiger partial charge on any atom is -0.476 e. The van der Waals surface area contributed by atoms with Crippen LogP contribution in [-0.2, 0) is 0 Å². The predicted octanol–water partition coefficient (Wildman–Crippen LogP) is 1.20. The van der Waals surface area contributed by atoms with E-state index in [1.165, 1.54) is 4.68 Å². The first-order valence-electron chi connectivity index (χ1n) is 4.30. The lowest BCUT2D eigenvalue weighted by Crippen LogP contribution is -2.06. The van der Waals surface area contributed by atoms with Gasteiger partial charge in [0.15, 0.2) is 5.82 Å². The molecule has 0 saturated heterocycles. The van der Waals surface area contributed by atoms with E-state index in [0.717, 1.165) is 0 Å². The van der Waals surface area contributed by atoms with Gasteiger partial charge in [-0.25, -0.2) is 4.79 Å². The Hall–Kier alpha value is -2.08. The number of rotatable bonds is 2. The van der Waals surface area contributed by atoms with Crippen molar-refractivity contribution in [3.8, 4) is 5.69 Å². The molecule has 3 N–H and O–H groups in total. The Balaban J connectivity index is 2.58. The third-order valence-corrected chi connectivity index (χ3v) is 2.31. The van der Waals surface area contributed by atoms with E-state index in [9.17, 15) is 4.79 Å². The number of carboxylic acid groups (broad SMARTS) is 1. The molecule has 0 atom stereocenters. The molecule has 0 spiro atoms. The van der Waals surface area contributed by atoms with Gasteiger partial charge in [0, 0.05) is 0 Å². The number of nitrogens with zero attached hydrogens (tertiary/aromatic N) is 3. The maximum absolute atomic E-state index is 10.7. The number of hydrogen-bond donors (Lipinski definition) is 2. The van der Waals surface area contributed by atoms with E-state index in [1.54, 1.807) is 24.3 Å². The number of aromatic nitrogens is 3. The monoisotopic (exact) mass is 238 g/mol. The number of carbonyl (C=O) groups is 1. The molecule has 2 rings (SSSR count). The van der Waals surface area contributed by atoms with Gasteiger partial charge in [0.05, 0.1) is 10.7 Å². The summed E-state index contributed by atoms with van der Waals surface area (Å²) >= 11 is 5.93. The summed E-state index contributed by atoms with van der Waals surface area (Å²) in [6, 6.07) is 6.80. The van der Waals surface area contributed by atoms with E-state index < -0.39 is 5.97 Å². The smallest absolute Gasteiger partial charge is 0.360 e. The fourth-order valence-electron chi connectivity index (χ4n) is 1.24. The van der Waals surface area contributed by atoms with E-state index in [1.807, 2.05) is 0 Å². The van der Waals surface area contributed by atoms with Crippen LogP contribution in [0, 0.1) is 0 Å². The number of aromatic carboxylic acids is 1. The number of hydrogen-bond acceptors (Lipinski definition) is 4. The highest BCUT2D eigenvalue weighted by molar-refractivity contribution is 6.32. The molecule has 0 saturated carbocycles. The normalized spacial score (nSPS) is 10.3. The highest BCUT2D eigenvalue weighted by atomic mass is 35.5. The summed E-state index contributed by atoms with van der Waals surface area (Å²) in [5.74, 6) is -1.28. The largest absolute Gasteiger partial charge is 0.476 e. The lowest BCUT2D eigenvalue weighted by molar-refractivity contribution is 0.0691. The fraction of sp³-hybridized carbons (Fsp3) is 0. The predicted molar refractivity (Wildman–Crippen MR) is 57.7 cm³/mol. The number of nitrogen functional groups attached to an aromatic ring is 1. The van der Waals surface area contributed by atoms with Gasteiger partial charge in [-0.15, -0.1) is 5.10 Å². The van der Waals surface area contributed by atoms with Crippen LogP contribution in [0.1, 0.15) is 10.5 Å². The van der Waals surface area contributed by atoms with Gasteiger partial charge < -0.3 is 10.8 Å². The van der Waals surface area contributed by atoms with Crippen molar-refractivity contribution >= 4 is 23.4 Å². The van der Waals surface area contributed by atoms with E-state index >= 15 is 0 Å². The zero-order valence-corrected chi connectivity index (χ0v) is 8.72. The molecule has 0 aliphatic rings. The standard InChI is InChI=1S/C9H7ClN4O2/c10-5-3-1-2-4-6(5)14-8(11)7(9(15)16)12-13-14/h1-4H,11H2,(H,15,16). The van der Waals surface area contributed by atoms with E-state index in [2.05, 4.69) is 10.3 Å². The van der Waals surface area contributed by atoms with Crippen LogP contribution in [0.4, 0.5) is 5.82 Å². The molecular formula is C9H7ClN4O2. The van der Waals surface area contributed by atoms with Crippen molar-refractivity contribution in [2.45, 2.75) is 0 Å². The molecule has 0 unspecified atom stereocenters. The molecule has 1 aromatic carbocycles. The maximum Gasteiger partial charge on any atom is 0.360 e. The number of halogens is 1.